The number of rotatable bonds is 5. The molecule has 2 saturated heterocycles. The highest BCUT2D eigenvalue weighted by Gasteiger charge is 2.30. The van der Waals surface area contributed by atoms with Crippen LogP contribution < -0.4 is 5.32 Å². The molecule has 1 aromatic rings. The van der Waals surface area contributed by atoms with Gasteiger partial charge in [0.15, 0.2) is 0 Å². The summed E-state index contributed by atoms with van der Waals surface area (Å²) in [5, 5.41) is 3.35. The highest BCUT2D eigenvalue weighted by atomic mass is 32.2. The highest BCUT2D eigenvalue weighted by Crippen LogP contribution is 2.25. The zero-order valence-corrected chi connectivity index (χ0v) is 15.4. The summed E-state index contributed by atoms with van der Waals surface area (Å²) in [4.78, 5) is 17.9. The first-order valence-electron chi connectivity index (χ1n) is 9.17. The van der Waals surface area contributed by atoms with E-state index < -0.39 is 0 Å². The van der Waals surface area contributed by atoms with Crippen LogP contribution in [0.25, 0.3) is 0 Å². The van der Waals surface area contributed by atoms with Gasteiger partial charge in [0, 0.05) is 43.7 Å². The Bertz CT molecular complexity index is 511. The zero-order valence-electron chi connectivity index (χ0n) is 14.6. The predicted molar refractivity (Wildman–Crippen MR) is 101 cm³/mol. The van der Waals surface area contributed by atoms with Crippen LogP contribution in [0.1, 0.15) is 31.4 Å². The largest absolute Gasteiger partial charge is 0.352 e. The first-order chi connectivity index (χ1) is 11.8. The fourth-order valence-corrected chi connectivity index (χ4v) is 4.60. The molecule has 1 N–H and O–H groups in total. The molecule has 2 fully saturated rings. The lowest BCUT2D eigenvalue weighted by atomic mass is 10.0. The molecule has 3 rings (SSSR count). The van der Waals surface area contributed by atoms with Crippen molar-refractivity contribution in [2.75, 3.05) is 44.2 Å². The maximum absolute atomic E-state index is 13.1. The molecule has 4 nitrogen and oxygen atoms in total. The van der Waals surface area contributed by atoms with Crippen LogP contribution in [0.4, 0.5) is 0 Å². The topological polar surface area (TPSA) is 35.6 Å². The van der Waals surface area contributed by atoms with Crippen LogP contribution in [0.2, 0.25) is 0 Å². The second-order valence-electron chi connectivity index (χ2n) is 6.68. The van der Waals surface area contributed by atoms with Gasteiger partial charge >= 0.3 is 0 Å². The van der Waals surface area contributed by atoms with E-state index in [9.17, 15) is 4.79 Å². The summed E-state index contributed by atoms with van der Waals surface area (Å²) in [5.74, 6) is 2.42. The molecule has 1 atom stereocenters. The maximum atomic E-state index is 13.1. The van der Waals surface area contributed by atoms with E-state index in [1.165, 1.54) is 0 Å². The zero-order chi connectivity index (χ0) is 16.8. The number of hydrogen-bond donors (Lipinski definition) is 1. The van der Waals surface area contributed by atoms with Crippen LogP contribution >= 0.6 is 11.8 Å². The lowest BCUT2D eigenvalue weighted by Crippen LogP contribution is -2.49. The minimum Gasteiger partial charge on any atom is -0.352 e. The van der Waals surface area contributed by atoms with E-state index in [2.05, 4.69) is 34.2 Å². The Hall–Kier alpha value is -1.04. The summed E-state index contributed by atoms with van der Waals surface area (Å²) in [6.45, 7) is 7.49. The Balaban J connectivity index is 1.67. The molecule has 1 aromatic carbocycles. The average molecular weight is 348 g/mol. The summed E-state index contributed by atoms with van der Waals surface area (Å²) in [6, 6.07) is 10.5. The van der Waals surface area contributed by atoms with Gasteiger partial charge in [-0.1, -0.05) is 37.3 Å². The molecule has 0 bridgehead atoms. The van der Waals surface area contributed by atoms with Crippen molar-refractivity contribution in [2.24, 2.45) is 0 Å². The van der Waals surface area contributed by atoms with Crippen molar-refractivity contribution in [1.82, 2.24) is 15.1 Å². The molecule has 2 aliphatic rings. The number of likely N-dealkylation sites (tertiary alicyclic amines) is 1. The van der Waals surface area contributed by atoms with Crippen LogP contribution in [0.15, 0.2) is 30.3 Å². The Morgan fingerprint density at radius 3 is 2.46 bits per heavy atom. The Morgan fingerprint density at radius 2 is 1.83 bits per heavy atom. The van der Waals surface area contributed by atoms with E-state index in [0.29, 0.717) is 6.04 Å². The summed E-state index contributed by atoms with van der Waals surface area (Å²) in [6.07, 6.45) is 2.13. The lowest BCUT2D eigenvalue weighted by molar-refractivity contribution is -0.127. The SMILES string of the molecule is CCN1CCC(NC(=O)[C@H](c2ccccc2)N2CCSCC2)CC1. The quantitative estimate of drug-likeness (QED) is 0.887. The average Bonchev–Trinajstić information content (AvgIpc) is 2.64. The number of amides is 1. The fraction of sp³-hybridized carbons (Fsp3) is 0.632. The van der Waals surface area contributed by atoms with Crippen molar-refractivity contribution in [3.8, 4) is 0 Å². The van der Waals surface area contributed by atoms with Crippen LogP contribution in [0.5, 0.6) is 0 Å². The minimum atomic E-state index is -0.142. The van der Waals surface area contributed by atoms with Gasteiger partial charge in [0.05, 0.1) is 0 Å². The monoisotopic (exact) mass is 347 g/mol. The van der Waals surface area contributed by atoms with Crippen molar-refractivity contribution in [1.29, 1.82) is 0 Å². The lowest BCUT2D eigenvalue weighted by Gasteiger charge is -2.36. The number of hydrogen-bond acceptors (Lipinski definition) is 4. The molecular weight excluding hydrogens is 318 g/mol. The van der Waals surface area contributed by atoms with E-state index in [1.807, 2.05) is 30.0 Å². The molecule has 5 heteroatoms. The third-order valence-electron chi connectivity index (χ3n) is 5.16. The smallest absolute Gasteiger partial charge is 0.242 e. The van der Waals surface area contributed by atoms with Crippen molar-refractivity contribution in [3.63, 3.8) is 0 Å². The molecule has 132 valence electrons. The number of carbonyl (C=O) groups is 1. The van der Waals surface area contributed by atoms with Crippen molar-refractivity contribution >= 4 is 17.7 Å². The third-order valence-corrected chi connectivity index (χ3v) is 6.10. The van der Waals surface area contributed by atoms with Gasteiger partial charge in [-0.2, -0.15) is 11.8 Å². The number of carbonyl (C=O) groups excluding carboxylic acids is 1. The van der Waals surface area contributed by atoms with Crippen LogP contribution in [-0.4, -0.2) is 66.0 Å². The van der Waals surface area contributed by atoms with Crippen LogP contribution in [-0.2, 0) is 4.79 Å². The molecule has 0 radical (unpaired) electrons. The van der Waals surface area contributed by atoms with Crippen molar-refractivity contribution < 1.29 is 4.79 Å². The van der Waals surface area contributed by atoms with E-state index in [1.54, 1.807) is 0 Å². The predicted octanol–water partition coefficient (Wildman–Crippen LogP) is 2.38. The Labute approximate surface area is 150 Å². The summed E-state index contributed by atoms with van der Waals surface area (Å²) < 4.78 is 0. The van der Waals surface area contributed by atoms with Gasteiger partial charge in [0.2, 0.25) is 5.91 Å². The van der Waals surface area contributed by atoms with E-state index in [-0.39, 0.29) is 11.9 Å². The van der Waals surface area contributed by atoms with Crippen molar-refractivity contribution in [2.45, 2.75) is 31.8 Å². The Kier molecular flexibility index (Phi) is 6.58. The number of nitrogens with zero attached hydrogens (tertiary/aromatic N) is 2. The van der Waals surface area contributed by atoms with Gasteiger partial charge in [0.25, 0.3) is 0 Å². The fourth-order valence-electron chi connectivity index (χ4n) is 3.67. The number of benzene rings is 1. The standard InChI is InChI=1S/C19H29N3OS/c1-2-21-10-8-17(9-11-21)20-19(23)18(16-6-4-3-5-7-16)22-12-14-24-15-13-22/h3-7,17-18H,2,8-15H2,1H3,(H,20,23)/t18-/m0/s1. The third kappa shape index (κ3) is 4.52. The maximum Gasteiger partial charge on any atom is 0.242 e. The molecule has 2 heterocycles. The van der Waals surface area contributed by atoms with Gasteiger partial charge in [-0.25, -0.2) is 0 Å². The molecule has 0 saturated carbocycles. The van der Waals surface area contributed by atoms with Gasteiger partial charge in [0.1, 0.15) is 6.04 Å². The number of nitrogens with one attached hydrogen (secondary N) is 1. The van der Waals surface area contributed by atoms with E-state index in [4.69, 9.17) is 0 Å². The molecule has 0 unspecified atom stereocenters. The molecule has 2 aliphatic heterocycles. The van der Waals surface area contributed by atoms with Gasteiger partial charge in [-0.05, 0) is 24.9 Å². The normalized spacial score (nSPS) is 22.2. The highest BCUT2D eigenvalue weighted by molar-refractivity contribution is 7.99. The molecular formula is C19H29N3OS. The van der Waals surface area contributed by atoms with Gasteiger partial charge in [-0.3, -0.25) is 9.69 Å². The first-order valence-corrected chi connectivity index (χ1v) is 10.3. The molecule has 0 spiro atoms. The van der Waals surface area contributed by atoms with Crippen LogP contribution in [0.3, 0.4) is 0 Å². The van der Waals surface area contributed by atoms with Crippen molar-refractivity contribution in [3.05, 3.63) is 35.9 Å². The molecule has 1 amide bonds. The summed E-state index contributed by atoms with van der Waals surface area (Å²) in [5.41, 5.74) is 1.12. The molecule has 0 aliphatic carbocycles. The molecule has 0 aromatic heterocycles. The number of piperidine rings is 1. The Morgan fingerprint density at radius 1 is 1.17 bits per heavy atom. The minimum absolute atomic E-state index is 0.142. The summed E-state index contributed by atoms with van der Waals surface area (Å²) in [7, 11) is 0. The van der Waals surface area contributed by atoms with Gasteiger partial charge in [-0.15, -0.1) is 0 Å². The van der Waals surface area contributed by atoms with Crippen LogP contribution in [0, 0.1) is 0 Å². The molecule has 24 heavy (non-hydrogen) atoms. The van der Waals surface area contributed by atoms with Gasteiger partial charge < -0.3 is 10.2 Å². The number of thioether (sulfide) groups is 1. The second kappa shape index (κ2) is 8.88. The first kappa shape index (κ1) is 17.8. The van der Waals surface area contributed by atoms with E-state index in [0.717, 1.165) is 62.6 Å². The summed E-state index contributed by atoms with van der Waals surface area (Å²) >= 11 is 1.98. The second-order valence-corrected chi connectivity index (χ2v) is 7.90. The van der Waals surface area contributed by atoms with E-state index >= 15 is 0 Å².